The van der Waals surface area contributed by atoms with Gasteiger partial charge in [-0.2, -0.15) is 0 Å². The molecule has 0 fully saturated rings. The van der Waals surface area contributed by atoms with E-state index in [1.165, 1.54) is 11.1 Å². The number of hydrogen-bond acceptors (Lipinski definition) is 4. The predicted octanol–water partition coefficient (Wildman–Crippen LogP) is 2.36. The lowest BCUT2D eigenvalue weighted by molar-refractivity contribution is -0.120. The first-order chi connectivity index (χ1) is 9.58. The van der Waals surface area contributed by atoms with Gasteiger partial charge in [-0.25, -0.2) is 0 Å². The number of aromatic nitrogens is 1. The summed E-state index contributed by atoms with van der Waals surface area (Å²) < 4.78 is 5.40. The summed E-state index contributed by atoms with van der Waals surface area (Å²) in [5, 5.41) is 0.557. The molecule has 5 nitrogen and oxygen atoms in total. The maximum atomic E-state index is 12.0. The number of nitrogens with two attached hydrogens (primary N) is 1. The molecule has 0 radical (unpaired) electrons. The minimum Gasteiger partial charge on any atom is -0.484 e. The number of nitrogens with zero attached hydrogens (tertiary/aromatic N) is 2. The predicted molar refractivity (Wildman–Crippen MR) is 79.0 cm³/mol. The van der Waals surface area contributed by atoms with Crippen LogP contribution in [0.4, 0.5) is 11.4 Å². The first-order valence-corrected chi connectivity index (χ1v) is 6.30. The molecule has 0 aliphatic heterocycles. The van der Waals surface area contributed by atoms with E-state index in [1.807, 2.05) is 0 Å². The number of carbonyl (C=O) groups is 1. The lowest BCUT2D eigenvalue weighted by atomic mass is 10.3. The van der Waals surface area contributed by atoms with Crippen LogP contribution in [0.2, 0.25) is 5.02 Å². The Morgan fingerprint density at radius 3 is 2.95 bits per heavy atom. The number of benzene rings is 1. The van der Waals surface area contributed by atoms with Crippen LogP contribution in [0, 0.1) is 0 Å². The van der Waals surface area contributed by atoms with Crippen molar-refractivity contribution < 1.29 is 9.53 Å². The Bertz CT molecular complexity index is 619. The molecule has 0 aliphatic carbocycles. The summed E-state index contributed by atoms with van der Waals surface area (Å²) in [6.45, 7) is -0.0986. The summed E-state index contributed by atoms with van der Waals surface area (Å²) in [6.07, 6.45) is 3.07. The van der Waals surface area contributed by atoms with Crippen LogP contribution in [-0.2, 0) is 4.79 Å². The van der Waals surface area contributed by atoms with Crippen LogP contribution in [0.3, 0.4) is 0 Å². The average molecular weight is 292 g/mol. The van der Waals surface area contributed by atoms with Crippen molar-refractivity contribution in [3.05, 3.63) is 47.7 Å². The minimum atomic E-state index is -0.220. The van der Waals surface area contributed by atoms with Gasteiger partial charge in [-0.1, -0.05) is 17.7 Å². The van der Waals surface area contributed by atoms with Crippen molar-refractivity contribution in [1.29, 1.82) is 0 Å². The molecular formula is C14H14ClN3O2. The normalized spacial score (nSPS) is 10.1. The number of ether oxygens (including phenoxy) is 1. The third-order valence-electron chi connectivity index (χ3n) is 2.72. The van der Waals surface area contributed by atoms with Gasteiger partial charge in [-0.05, 0) is 24.3 Å². The van der Waals surface area contributed by atoms with Gasteiger partial charge in [0.25, 0.3) is 5.91 Å². The van der Waals surface area contributed by atoms with Crippen molar-refractivity contribution in [2.75, 3.05) is 24.3 Å². The van der Waals surface area contributed by atoms with E-state index in [2.05, 4.69) is 4.98 Å². The molecule has 0 aliphatic rings. The molecule has 20 heavy (non-hydrogen) atoms. The Kier molecular flexibility index (Phi) is 4.42. The van der Waals surface area contributed by atoms with E-state index in [1.54, 1.807) is 43.6 Å². The quantitative estimate of drug-likeness (QED) is 0.939. The molecule has 1 amide bonds. The van der Waals surface area contributed by atoms with E-state index in [0.29, 0.717) is 22.1 Å². The fourth-order valence-corrected chi connectivity index (χ4v) is 1.82. The van der Waals surface area contributed by atoms with Crippen molar-refractivity contribution in [1.82, 2.24) is 4.98 Å². The second kappa shape index (κ2) is 6.25. The SMILES string of the molecule is CN(C(=O)COc1cccc(Cl)c1)c1ccncc1N. The fourth-order valence-electron chi connectivity index (χ4n) is 1.64. The maximum absolute atomic E-state index is 12.0. The number of anilines is 2. The molecule has 1 aromatic carbocycles. The summed E-state index contributed by atoms with van der Waals surface area (Å²) in [7, 11) is 1.63. The number of hydrogen-bond donors (Lipinski definition) is 1. The summed E-state index contributed by atoms with van der Waals surface area (Å²) in [4.78, 5) is 17.4. The van der Waals surface area contributed by atoms with Crippen LogP contribution in [0.1, 0.15) is 0 Å². The number of likely N-dealkylation sites (N-methyl/N-ethyl adjacent to an activating group) is 1. The summed E-state index contributed by atoms with van der Waals surface area (Å²) in [5.41, 5.74) is 6.80. The molecule has 1 aromatic heterocycles. The van der Waals surface area contributed by atoms with Gasteiger partial charge in [0.2, 0.25) is 0 Å². The average Bonchev–Trinajstić information content (AvgIpc) is 2.44. The Labute approximate surface area is 121 Å². The van der Waals surface area contributed by atoms with E-state index in [9.17, 15) is 4.79 Å². The first kappa shape index (κ1) is 14.1. The number of pyridine rings is 1. The highest BCUT2D eigenvalue weighted by molar-refractivity contribution is 6.30. The number of halogens is 1. The molecule has 0 atom stereocenters. The molecule has 0 saturated heterocycles. The zero-order chi connectivity index (χ0) is 14.5. The lowest BCUT2D eigenvalue weighted by Gasteiger charge is -2.19. The maximum Gasteiger partial charge on any atom is 0.264 e. The van der Waals surface area contributed by atoms with Crippen molar-refractivity contribution in [3.8, 4) is 5.75 Å². The van der Waals surface area contributed by atoms with E-state index >= 15 is 0 Å². The molecule has 0 bridgehead atoms. The van der Waals surface area contributed by atoms with Crippen LogP contribution in [-0.4, -0.2) is 24.5 Å². The molecule has 104 valence electrons. The van der Waals surface area contributed by atoms with Crippen LogP contribution in [0.15, 0.2) is 42.7 Å². The monoisotopic (exact) mass is 291 g/mol. The Hall–Kier alpha value is -2.27. The van der Waals surface area contributed by atoms with Crippen molar-refractivity contribution in [2.24, 2.45) is 0 Å². The number of rotatable bonds is 4. The topological polar surface area (TPSA) is 68.5 Å². The van der Waals surface area contributed by atoms with Gasteiger partial charge >= 0.3 is 0 Å². The summed E-state index contributed by atoms with van der Waals surface area (Å²) >= 11 is 5.84. The Balaban J connectivity index is 2.00. The van der Waals surface area contributed by atoms with E-state index in [-0.39, 0.29) is 12.5 Å². The highest BCUT2D eigenvalue weighted by Crippen LogP contribution is 2.21. The highest BCUT2D eigenvalue weighted by Gasteiger charge is 2.14. The molecule has 0 spiro atoms. The third kappa shape index (κ3) is 3.39. The van der Waals surface area contributed by atoms with Gasteiger partial charge < -0.3 is 15.4 Å². The first-order valence-electron chi connectivity index (χ1n) is 5.92. The molecule has 0 unspecified atom stereocenters. The molecule has 1 heterocycles. The molecule has 2 N–H and O–H groups in total. The molecule has 2 aromatic rings. The second-order valence-corrected chi connectivity index (χ2v) is 4.57. The van der Waals surface area contributed by atoms with Gasteiger partial charge in [-0.3, -0.25) is 9.78 Å². The lowest BCUT2D eigenvalue weighted by Crippen LogP contribution is -2.31. The zero-order valence-electron chi connectivity index (χ0n) is 10.9. The van der Waals surface area contributed by atoms with E-state index < -0.39 is 0 Å². The van der Waals surface area contributed by atoms with Crippen molar-refractivity contribution in [2.45, 2.75) is 0 Å². The van der Waals surface area contributed by atoms with Crippen LogP contribution < -0.4 is 15.4 Å². The van der Waals surface area contributed by atoms with Crippen molar-refractivity contribution >= 4 is 28.9 Å². The van der Waals surface area contributed by atoms with Gasteiger partial charge in [0.05, 0.1) is 17.6 Å². The van der Waals surface area contributed by atoms with Gasteiger partial charge in [0.1, 0.15) is 5.75 Å². The van der Waals surface area contributed by atoms with E-state index in [0.717, 1.165) is 0 Å². The smallest absolute Gasteiger partial charge is 0.264 e. The van der Waals surface area contributed by atoms with Crippen LogP contribution >= 0.6 is 11.6 Å². The van der Waals surface area contributed by atoms with E-state index in [4.69, 9.17) is 22.1 Å². The Morgan fingerprint density at radius 2 is 2.25 bits per heavy atom. The number of nitrogen functional groups attached to an aromatic ring is 1. The molecule has 0 saturated carbocycles. The molecule has 2 rings (SSSR count). The standard InChI is InChI=1S/C14H14ClN3O2/c1-18(13-5-6-17-8-12(13)16)14(19)9-20-11-4-2-3-10(15)7-11/h2-8H,9,16H2,1H3. The van der Waals surface area contributed by atoms with Gasteiger partial charge in [0, 0.05) is 18.3 Å². The molecule has 6 heteroatoms. The van der Waals surface area contributed by atoms with Crippen LogP contribution in [0.5, 0.6) is 5.75 Å². The summed E-state index contributed by atoms with van der Waals surface area (Å²) in [6, 6.07) is 8.55. The van der Waals surface area contributed by atoms with Crippen LogP contribution in [0.25, 0.3) is 0 Å². The third-order valence-corrected chi connectivity index (χ3v) is 2.96. The Morgan fingerprint density at radius 1 is 1.45 bits per heavy atom. The fraction of sp³-hybridized carbons (Fsp3) is 0.143. The minimum absolute atomic E-state index is 0.0986. The zero-order valence-corrected chi connectivity index (χ0v) is 11.7. The second-order valence-electron chi connectivity index (χ2n) is 4.13. The molecular weight excluding hydrogens is 278 g/mol. The largest absolute Gasteiger partial charge is 0.484 e. The number of carbonyl (C=O) groups excluding carboxylic acids is 1. The van der Waals surface area contributed by atoms with Crippen molar-refractivity contribution in [3.63, 3.8) is 0 Å². The highest BCUT2D eigenvalue weighted by atomic mass is 35.5. The van der Waals surface area contributed by atoms with Gasteiger partial charge in [0.15, 0.2) is 6.61 Å². The summed E-state index contributed by atoms with van der Waals surface area (Å²) in [5.74, 6) is 0.324. The van der Waals surface area contributed by atoms with Gasteiger partial charge in [-0.15, -0.1) is 0 Å². The number of amides is 1.